The van der Waals surface area contributed by atoms with Crippen LogP contribution in [-0.2, 0) is 20.6 Å². The number of hydrogen-bond donors (Lipinski definition) is 0. The number of halogens is 1. The molecule has 0 N–H and O–H groups in total. The van der Waals surface area contributed by atoms with E-state index >= 15 is 0 Å². The lowest BCUT2D eigenvalue weighted by atomic mass is 10.2. The lowest BCUT2D eigenvalue weighted by Gasteiger charge is -2.22. The highest BCUT2D eigenvalue weighted by molar-refractivity contribution is 6.30. The first-order chi connectivity index (χ1) is 13.5. The van der Waals surface area contributed by atoms with Crippen molar-refractivity contribution < 1.29 is 0 Å². The summed E-state index contributed by atoms with van der Waals surface area (Å²) in [5.74, 6) is 0.755. The molecular weight excluding hydrogens is 378 g/mol. The summed E-state index contributed by atoms with van der Waals surface area (Å²) in [6.45, 7) is 2.29. The highest BCUT2D eigenvalue weighted by Gasteiger charge is 2.23. The van der Waals surface area contributed by atoms with Gasteiger partial charge in [0.25, 0.3) is 5.56 Å². The normalized spacial score (nSPS) is 15.2. The van der Waals surface area contributed by atoms with Gasteiger partial charge in [-0.1, -0.05) is 36.6 Å². The topological polar surface area (TPSA) is 65.1 Å². The van der Waals surface area contributed by atoms with Gasteiger partial charge in [0.1, 0.15) is 0 Å². The molecule has 28 heavy (non-hydrogen) atoms. The smallest absolute Gasteiger partial charge is 0.332 e. The van der Waals surface area contributed by atoms with E-state index in [4.69, 9.17) is 16.6 Å². The van der Waals surface area contributed by atoms with E-state index in [1.807, 2.05) is 28.8 Å². The van der Waals surface area contributed by atoms with Gasteiger partial charge in [0.15, 0.2) is 11.2 Å². The maximum Gasteiger partial charge on any atom is 0.332 e. The van der Waals surface area contributed by atoms with E-state index in [2.05, 4.69) is 4.90 Å². The van der Waals surface area contributed by atoms with E-state index in [1.165, 1.54) is 24.5 Å². The minimum Gasteiger partial charge on any atom is -0.342 e. The molecule has 3 aromatic rings. The average molecular weight is 402 g/mol. The number of anilines is 1. The Morgan fingerprint density at radius 2 is 1.61 bits per heavy atom. The second-order valence-corrected chi connectivity index (χ2v) is 7.84. The lowest BCUT2D eigenvalue weighted by Crippen LogP contribution is -2.37. The van der Waals surface area contributed by atoms with Crippen LogP contribution in [0.3, 0.4) is 0 Å². The predicted octanol–water partition coefficient (Wildman–Crippen LogP) is 2.52. The van der Waals surface area contributed by atoms with Crippen molar-refractivity contribution in [3.05, 3.63) is 55.7 Å². The fraction of sp³-hybridized carbons (Fsp3) is 0.450. The first-order valence-corrected chi connectivity index (χ1v) is 10.0. The number of hydrogen-bond acceptors (Lipinski definition) is 4. The molecule has 1 saturated heterocycles. The maximum absolute atomic E-state index is 13.0. The Kier molecular flexibility index (Phi) is 5.02. The fourth-order valence-electron chi connectivity index (χ4n) is 3.87. The van der Waals surface area contributed by atoms with Crippen molar-refractivity contribution in [1.82, 2.24) is 18.7 Å². The molecule has 1 aliphatic rings. The molecule has 0 unspecified atom stereocenters. The number of aromatic nitrogens is 4. The Labute approximate surface area is 167 Å². The summed E-state index contributed by atoms with van der Waals surface area (Å²) < 4.78 is 4.55. The van der Waals surface area contributed by atoms with Crippen LogP contribution in [-0.4, -0.2) is 31.8 Å². The van der Waals surface area contributed by atoms with Gasteiger partial charge in [-0.3, -0.25) is 18.5 Å². The summed E-state index contributed by atoms with van der Waals surface area (Å²) in [4.78, 5) is 32.4. The molecule has 8 heteroatoms. The monoisotopic (exact) mass is 401 g/mol. The van der Waals surface area contributed by atoms with Gasteiger partial charge in [-0.15, -0.1) is 0 Å². The van der Waals surface area contributed by atoms with Crippen LogP contribution in [0.25, 0.3) is 11.2 Å². The summed E-state index contributed by atoms with van der Waals surface area (Å²) in [6.07, 6.45) is 4.60. The van der Waals surface area contributed by atoms with Crippen molar-refractivity contribution in [2.24, 2.45) is 14.1 Å². The van der Waals surface area contributed by atoms with Crippen molar-refractivity contribution in [2.75, 3.05) is 18.0 Å². The first kappa shape index (κ1) is 18.8. The number of rotatable bonds is 3. The zero-order valence-electron chi connectivity index (χ0n) is 16.2. The molecule has 0 aliphatic carbocycles. The molecule has 0 bridgehead atoms. The molecular formula is C20H24ClN5O2. The molecule has 0 amide bonds. The molecule has 0 saturated carbocycles. The van der Waals surface area contributed by atoms with Crippen LogP contribution in [0.4, 0.5) is 5.95 Å². The van der Waals surface area contributed by atoms with Gasteiger partial charge >= 0.3 is 5.69 Å². The van der Waals surface area contributed by atoms with Crippen LogP contribution in [0.15, 0.2) is 33.9 Å². The highest BCUT2D eigenvalue weighted by Crippen LogP contribution is 2.24. The van der Waals surface area contributed by atoms with Gasteiger partial charge in [0, 0.05) is 32.2 Å². The largest absolute Gasteiger partial charge is 0.342 e. The van der Waals surface area contributed by atoms with E-state index in [1.54, 1.807) is 7.05 Å². The zero-order chi connectivity index (χ0) is 19.8. The predicted molar refractivity (Wildman–Crippen MR) is 111 cm³/mol. The summed E-state index contributed by atoms with van der Waals surface area (Å²) in [6, 6.07) is 7.59. The summed E-state index contributed by atoms with van der Waals surface area (Å²) in [5.41, 5.74) is 1.23. The Bertz CT molecular complexity index is 1120. The van der Waals surface area contributed by atoms with Gasteiger partial charge in [-0.2, -0.15) is 4.98 Å². The van der Waals surface area contributed by atoms with Gasteiger partial charge < -0.3 is 4.90 Å². The lowest BCUT2D eigenvalue weighted by molar-refractivity contribution is 0.697. The van der Waals surface area contributed by atoms with Gasteiger partial charge in [-0.05, 0) is 30.5 Å². The van der Waals surface area contributed by atoms with Gasteiger partial charge in [-0.25, -0.2) is 4.79 Å². The SMILES string of the molecule is Cn1c(=O)c2c(nc(N3CCCCCC3)n2Cc2ccc(Cl)cc2)n(C)c1=O. The van der Waals surface area contributed by atoms with Crippen molar-refractivity contribution in [3.8, 4) is 0 Å². The second-order valence-electron chi connectivity index (χ2n) is 7.40. The molecule has 7 nitrogen and oxygen atoms in total. The van der Waals surface area contributed by atoms with Crippen LogP contribution < -0.4 is 16.1 Å². The van der Waals surface area contributed by atoms with E-state index < -0.39 is 0 Å². The Morgan fingerprint density at radius 1 is 0.964 bits per heavy atom. The molecule has 3 heterocycles. The average Bonchev–Trinajstić information content (AvgIpc) is 2.87. The number of imidazole rings is 1. The van der Waals surface area contributed by atoms with Crippen molar-refractivity contribution in [2.45, 2.75) is 32.2 Å². The van der Waals surface area contributed by atoms with E-state index in [0.29, 0.717) is 22.7 Å². The molecule has 148 valence electrons. The quantitative estimate of drug-likeness (QED) is 0.676. The third-order valence-corrected chi connectivity index (χ3v) is 5.72. The Balaban J connectivity index is 1.94. The molecule has 2 aromatic heterocycles. The molecule has 1 fully saturated rings. The molecule has 4 rings (SSSR count). The number of nitrogens with zero attached hydrogens (tertiary/aromatic N) is 5. The number of benzene rings is 1. The summed E-state index contributed by atoms with van der Waals surface area (Å²) >= 11 is 6.03. The molecule has 0 spiro atoms. The van der Waals surface area contributed by atoms with E-state index in [0.717, 1.165) is 42.0 Å². The molecule has 0 radical (unpaired) electrons. The van der Waals surface area contributed by atoms with Crippen LogP contribution in [0, 0.1) is 0 Å². The highest BCUT2D eigenvalue weighted by atomic mass is 35.5. The van der Waals surface area contributed by atoms with Gasteiger partial charge in [0.2, 0.25) is 5.95 Å². The Morgan fingerprint density at radius 3 is 2.25 bits per heavy atom. The van der Waals surface area contributed by atoms with Crippen LogP contribution >= 0.6 is 11.6 Å². The standard InChI is InChI=1S/C20H24ClN5O2/c1-23-17-16(18(27)24(2)20(23)28)26(13-14-7-9-15(21)10-8-14)19(22-17)25-11-5-3-4-6-12-25/h7-10H,3-6,11-13H2,1-2H3. The van der Waals surface area contributed by atoms with Crippen molar-refractivity contribution >= 4 is 28.7 Å². The minimum atomic E-state index is -0.365. The maximum atomic E-state index is 13.0. The minimum absolute atomic E-state index is 0.319. The second kappa shape index (κ2) is 7.47. The van der Waals surface area contributed by atoms with E-state index in [-0.39, 0.29) is 11.2 Å². The van der Waals surface area contributed by atoms with Crippen LogP contribution in [0.1, 0.15) is 31.2 Å². The van der Waals surface area contributed by atoms with E-state index in [9.17, 15) is 9.59 Å². The van der Waals surface area contributed by atoms with Crippen LogP contribution in [0.2, 0.25) is 5.02 Å². The summed E-state index contributed by atoms with van der Waals surface area (Å²) in [7, 11) is 3.17. The molecule has 1 aliphatic heterocycles. The number of fused-ring (bicyclic) bond motifs is 1. The first-order valence-electron chi connectivity index (χ1n) is 9.63. The van der Waals surface area contributed by atoms with Crippen molar-refractivity contribution in [1.29, 1.82) is 0 Å². The van der Waals surface area contributed by atoms with Crippen LogP contribution in [0.5, 0.6) is 0 Å². The third-order valence-electron chi connectivity index (χ3n) is 5.47. The third kappa shape index (κ3) is 3.24. The fourth-order valence-corrected chi connectivity index (χ4v) is 4.00. The zero-order valence-corrected chi connectivity index (χ0v) is 16.9. The summed E-state index contributed by atoms with van der Waals surface area (Å²) in [5, 5.41) is 0.672. The number of aryl methyl sites for hydroxylation is 1. The molecule has 1 aromatic carbocycles. The van der Waals surface area contributed by atoms with Crippen molar-refractivity contribution in [3.63, 3.8) is 0 Å². The van der Waals surface area contributed by atoms with Gasteiger partial charge in [0.05, 0.1) is 6.54 Å². The Hall–Kier alpha value is -2.54. The molecule has 0 atom stereocenters.